The maximum Gasteiger partial charge on any atom is 0.305 e. The number of ether oxygens (including phenoxy) is 6. The largest absolute Gasteiger partial charge is 0.499 e. The standard InChI is InChI=1S/C28H54O7/c1-3-5-6-7-8-9-10-11-12-13-14-15-16-17-28(29)35-27-26-34-25-24-33-23-22-32-21-20-31-19-18-30-4-2/h4H,2-3,5-27H2,1H3. The molecule has 0 N–H and O–H groups in total. The van der Waals surface area contributed by atoms with Crippen molar-refractivity contribution in [3.05, 3.63) is 12.8 Å². The Morgan fingerprint density at radius 2 is 0.914 bits per heavy atom. The summed E-state index contributed by atoms with van der Waals surface area (Å²) in [7, 11) is 0. The molecule has 0 saturated heterocycles. The minimum atomic E-state index is -0.123. The highest BCUT2D eigenvalue weighted by molar-refractivity contribution is 5.69. The van der Waals surface area contributed by atoms with Crippen molar-refractivity contribution < 1.29 is 33.2 Å². The molecule has 7 nitrogen and oxygen atoms in total. The minimum absolute atomic E-state index is 0.123. The Morgan fingerprint density at radius 3 is 1.34 bits per heavy atom. The van der Waals surface area contributed by atoms with Gasteiger partial charge in [-0.15, -0.1) is 0 Å². The van der Waals surface area contributed by atoms with E-state index in [4.69, 9.17) is 28.4 Å². The number of esters is 1. The van der Waals surface area contributed by atoms with Crippen LogP contribution < -0.4 is 0 Å². The highest BCUT2D eigenvalue weighted by Crippen LogP contribution is 2.13. The Hall–Kier alpha value is -1.15. The summed E-state index contributed by atoms with van der Waals surface area (Å²) in [5.74, 6) is -0.123. The monoisotopic (exact) mass is 502 g/mol. The first-order chi connectivity index (χ1) is 17.3. The summed E-state index contributed by atoms with van der Waals surface area (Å²) in [6, 6.07) is 0. The number of hydrogen-bond acceptors (Lipinski definition) is 7. The van der Waals surface area contributed by atoms with Gasteiger partial charge in [0.2, 0.25) is 0 Å². The van der Waals surface area contributed by atoms with E-state index in [1.165, 1.54) is 76.9 Å². The van der Waals surface area contributed by atoms with Gasteiger partial charge in [0.05, 0.1) is 59.1 Å². The Labute approximate surface area is 215 Å². The van der Waals surface area contributed by atoms with Crippen molar-refractivity contribution in [3.63, 3.8) is 0 Å². The van der Waals surface area contributed by atoms with Crippen molar-refractivity contribution in [2.24, 2.45) is 0 Å². The molecule has 0 amide bonds. The summed E-state index contributed by atoms with van der Waals surface area (Å²) in [6.45, 7) is 10.5. The highest BCUT2D eigenvalue weighted by atomic mass is 16.6. The van der Waals surface area contributed by atoms with Gasteiger partial charge in [-0.25, -0.2) is 0 Å². The zero-order valence-electron chi connectivity index (χ0n) is 22.6. The first-order valence-corrected chi connectivity index (χ1v) is 14.0. The van der Waals surface area contributed by atoms with Gasteiger partial charge < -0.3 is 28.4 Å². The first kappa shape index (κ1) is 33.8. The molecule has 0 aromatic rings. The fourth-order valence-electron chi connectivity index (χ4n) is 3.53. The topological polar surface area (TPSA) is 72.5 Å². The zero-order valence-corrected chi connectivity index (χ0v) is 22.6. The third kappa shape index (κ3) is 30.8. The summed E-state index contributed by atoms with van der Waals surface area (Å²) in [5.41, 5.74) is 0. The van der Waals surface area contributed by atoms with E-state index < -0.39 is 0 Å². The van der Waals surface area contributed by atoms with Gasteiger partial charge in [-0.05, 0) is 6.42 Å². The molecule has 0 aromatic heterocycles. The molecule has 0 heterocycles. The van der Waals surface area contributed by atoms with Crippen molar-refractivity contribution in [2.75, 3.05) is 66.1 Å². The smallest absolute Gasteiger partial charge is 0.305 e. The molecule has 0 unspecified atom stereocenters. The number of carbonyl (C=O) groups excluding carboxylic acids is 1. The molecule has 0 aliphatic rings. The molecule has 208 valence electrons. The van der Waals surface area contributed by atoms with Crippen LogP contribution in [0.1, 0.15) is 96.8 Å². The summed E-state index contributed by atoms with van der Waals surface area (Å²) in [4.78, 5) is 11.8. The van der Waals surface area contributed by atoms with Crippen LogP contribution in [-0.4, -0.2) is 72.0 Å². The SMILES string of the molecule is C=COCCOCCOCCOCCOCCOC(=O)CCCCCCCCCCCCCCC. The molecule has 0 radical (unpaired) electrons. The van der Waals surface area contributed by atoms with Gasteiger partial charge >= 0.3 is 5.97 Å². The zero-order chi connectivity index (χ0) is 25.5. The van der Waals surface area contributed by atoms with E-state index in [1.54, 1.807) is 0 Å². The molecule has 0 aliphatic heterocycles. The van der Waals surface area contributed by atoms with E-state index >= 15 is 0 Å². The van der Waals surface area contributed by atoms with E-state index in [2.05, 4.69) is 13.5 Å². The molecule has 0 bridgehead atoms. The average Bonchev–Trinajstić information content (AvgIpc) is 2.86. The summed E-state index contributed by atoms with van der Waals surface area (Å²) in [5, 5.41) is 0. The maximum atomic E-state index is 11.8. The van der Waals surface area contributed by atoms with Crippen LogP contribution >= 0.6 is 0 Å². The molecule has 0 aliphatic carbocycles. The molecule has 0 saturated carbocycles. The van der Waals surface area contributed by atoms with Gasteiger partial charge in [0, 0.05) is 6.42 Å². The van der Waals surface area contributed by atoms with Crippen LogP contribution in [0, 0.1) is 0 Å². The van der Waals surface area contributed by atoms with Crippen molar-refractivity contribution in [1.82, 2.24) is 0 Å². The molecule has 0 rings (SSSR count). The number of rotatable bonds is 30. The van der Waals surface area contributed by atoms with Gasteiger partial charge in [0.25, 0.3) is 0 Å². The van der Waals surface area contributed by atoms with Crippen LogP contribution in [0.15, 0.2) is 12.8 Å². The molecular weight excluding hydrogens is 448 g/mol. The lowest BCUT2D eigenvalue weighted by atomic mass is 10.0. The minimum Gasteiger partial charge on any atom is -0.499 e. The maximum absolute atomic E-state index is 11.8. The normalized spacial score (nSPS) is 11.0. The Kier molecular flexibility index (Phi) is 29.9. The van der Waals surface area contributed by atoms with Crippen molar-refractivity contribution in [3.8, 4) is 0 Å². The molecule has 0 aromatic carbocycles. The van der Waals surface area contributed by atoms with Crippen molar-refractivity contribution in [1.29, 1.82) is 0 Å². The summed E-state index contributed by atoms with van der Waals surface area (Å²) >= 11 is 0. The van der Waals surface area contributed by atoms with Crippen molar-refractivity contribution in [2.45, 2.75) is 96.8 Å². The van der Waals surface area contributed by atoms with Gasteiger partial charge in [0.15, 0.2) is 0 Å². The number of unbranched alkanes of at least 4 members (excludes halogenated alkanes) is 12. The van der Waals surface area contributed by atoms with E-state index in [9.17, 15) is 4.79 Å². The van der Waals surface area contributed by atoms with Crippen LogP contribution in [0.4, 0.5) is 0 Å². The predicted octanol–water partition coefficient (Wildman–Crippen LogP) is 6.24. The van der Waals surface area contributed by atoms with E-state index in [0.29, 0.717) is 72.5 Å². The molecule has 7 heteroatoms. The van der Waals surface area contributed by atoms with Gasteiger partial charge in [0.1, 0.15) is 13.2 Å². The van der Waals surface area contributed by atoms with E-state index in [-0.39, 0.29) is 5.97 Å². The predicted molar refractivity (Wildman–Crippen MR) is 141 cm³/mol. The van der Waals surface area contributed by atoms with Gasteiger partial charge in [-0.2, -0.15) is 0 Å². The van der Waals surface area contributed by atoms with Crippen LogP contribution in [0.2, 0.25) is 0 Å². The first-order valence-electron chi connectivity index (χ1n) is 14.0. The van der Waals surface area contributed by atoms with Crippen LogP contribution in [0.25, 0.3) is 0 Å². The number of hydrogen-bond donors (Lipinski definition) is 0. The van der Waals surface area contributed by atoms with Gasteiger partial charge in [-0.3, -0.25) is 4.79 Å². The molecule has 0 fully saturated rings. The van der Waals surface area contributed by atoms with Crippen LogP contribution in [0.5, 0.6) is 0 Å². The van der Waals surface area contributed by atoms with E-state index in [0.717, 1.165) is 12.8 Å². The van der Waals surface area contributed by atoms with Crippen LogP contribution in [-0.2, 0) is 33.2 Å². The van der Waals surface area contributed by atoms with Crippen LogP contribution in [0.3, 0.4) is 0 Å². The fraction of sp³-hybridized carbons (Fsp3) is 0.893. The summed E-state index contributed by atoms with van der Waals surface area (Å²) in [6.07, 6.45) is 18.8. The molecule has 0 spiro atoms. The average molecular weight is 503 g/mol. The Balaban J connectivity index is 3.14. The quantitative estimate of drug-likeness (QED) is 0.0654. The second kappa shape index (κ2) is 30.9. The number of carbonyl (C=O) groups is 1. The third-order valence-corrected chi connectivity index (χ3v) is 5.55. The van der Waals surface area contributed by atoms with Crippen molar-refractivity contribution >= 4 is 5.97 Å². The third-order valence-electron chi connectivity index (χ3n) is 5.55. The lowest BCUT2D eigenvalue weighted by Gasteiger charge is -2.08. The molecule has 35 heavy (non-hydrogen) atoms. The summed E-state index contributed by atoms with van der Waals surface area (Å²) < 4.78 is 31.7. The molecular formula is C28H54O7. The second-order valence-corrected chi connectivity index (χ2v) is 8.70. The lowest BCUT2D eigenvalue weighted by molar-refractivity contribution is -0.145. The fourth-order valence-corrected chi connectivity index (χ4v) is 3.53. The second-order valence-electron chi connectivity index (χ2n) is 8.70. The lowest BCUT2D eigenvalue weighted by Crippen LogP contribution is -2.14. The highest BCUT2D eigenvalue weighted by Gasteiger charge is 2.02. The Bertz CT molecular complexity index is 432. The van der Waals surface area contributed by atoms with E-state index in [1.807, 2.05) is 0 Å². The van der Waals surface area contributed by atoms with Gasteiger partial charge in [-0.1, -0.05) is 90.6 Å². The Morgan fingerprint density at radius 1 is 0.543 bits per heavy atom. The molecule has 0 atom stereocenters.